The summed E-state index contributed by atoms with van der Waals surface area (Å²) in [5.41, 5.74) is 5.78. The highest BCUT2D eigenvalue weighted by molar-refractivity contribution is 5.92. The molecule has 1 aromatic rings. The van der Waals surface area contributed by atoms with Gasteiger partial charge in [0.25, 0.3) is 0 Å². The summed E-state index contributed by atoms with van der Waals surface area (Å²) < 4.78 is 6.01. The fraction of sp³-hybridized carbons (Fsp3) is 0.500. The molecule has 0 unspecified atom stereocenters. The molecule has 0 aliphatic heterocycles. The number of esters is 1. The summed E-state index contributed by atoms with van der Waals surface area (Å²) in [7, 11) is 1.25. The number of nitrogens with one attached hydrogen (secondary N) is 1. The number of methoxy groups -OCH3 is 1. The Balaban J connectivity index is 2.97. The molecule has 0 bridgehead atoms. The van der Waals surface area contributed by atoms with Crippen LogP contribution in [0.15, 0.2) is 0 Å². The molecule has 0 aliphatic carbocycles. The maximum absolute atomic E-state index is 11.4. The van der Waals surface area contributed by atoms with E-state index in [1.165, 1.54) is 11.7 Å². The first kappa shape index (κ1) is 13.0. The van der Waals surface area contributed by atoms with Gasteiger partial charge in [0.1, 0.15) is 18.2 Å². The van der Waals surface area contributed by atoms with Gasteiger partial charge in [-0.15, -0.1) is 0 Å². The van der Waals surface area contributed by atoms with Gasteiger partial charge in [-0.25, -0.2) is 9.78 Å². The van der Waals surface area contributed by atoms with Crippen LogP contribution >= 0.6 is 0 Å². The molecule has 0 aromatic carbocycles. The summed E-state index contributed by atoms with van der Waals surface area (Å²) in [6, 6.07) is 0. The largest absolute Gasteiger partial charge is 0.464 e. The lowest BCUT2D eigenvalue weighted by Crippen LogP contribution is -2.28. The van der Waals surface area contributed by atoms with Crippen LogP contribution in [-0.2, 0) is 16.1 Å². The van der Waals surface area contributed by atoms with E-state index in [1.54, 1.807) is 6.92 Å². The minimum atomic E-state index is -0.611. The highest BCUT2D eigenvalue weighted by atomic mass is 16.5. The van der Waals surface area contributed by atoms with E-state index in [0.29, 0.717) is 12.4 Å². The molecule has 0 radical (unpaired) electrons. The van der Waals surface area contributed by atoms with Gasteiger partial charge in [-0.05, 0) is 13.8 Å². The molecule has 0 atom stereocenters. The van der Waals surface area contributed by atoms with Crippen molar-refractivity contribution < 1.29 is 14.3 Å². The van der Waals surface area contributed by atoms with E-state index in [4.69, 9.17) is 5.73 Å². The van der Waals surface area contributed by atoms with E-state index >= 15 is 0 Å². The van der Waals surface area contributed by atoms with Crippen molar-refractivity contribution in [3.63, 3.8) is 0 Å². The summed E-state index contributed by atoms with van der Waals surface area (Å²) in [4.78, 5) is 26.7. The van der Waals surface area contributed by atoms with Crippen molar-refractivity contribution in [2.24, 2.45) is 0 Å². The number of nitrogen functional groups attached to an aromatic ring is 1. The number of aryl methyl sites for hydroxylation is 1. The number of rotatable bonds is 4. The third kappa shape index (κ3) is 2.74. The number of hydrogen-bond donors (Lipinski definition) is 2. The molecule has 17 heavy (non-hydrogen) atoms. The van der Waals surface area contributed by atoms with Crippen LogP contribution < -0.4 is 11.1 Å². The molecular weight excluding hydrogens is 224 g/mol. The number of carbonyl (C=O) groups is 2. The molecular formula is C10H16N4O3. The second-order valence-corrected chi connectivity index (χ2v) is 3.42. The number of aromatic nitrogens is 2. The highest BCUT2D eigenvalue weighted by Gasteiger charge is 2.20. The zero-order chi connectivity index (χ0) is 13.0. The summed E-state index contributed by atoms with van der Waals surface area (Å²) in [5.74, 6) is -0.161. The van der Waals surface area contributed by atoms with Crippen LogP contribution in [0.4, 0.5) is 5.82 Å². The maximum atomic E-state index is 11.4. The van der Waals surface area contributed by atoms with E-state index in [-0.39, 0.29) is 24.0 Å². The van der Waals surface area contributed by atoms with Crippen LogP contribution in [0.1, 0.15) is 23.2 Å². The lowest BCUT2D eigenvalue weighted by atomic mass is 10.4. The summed E-state index contributed by atoms with van der Waals surface area (Å²) in [6.45, 7) is 4.07. The molecule has 1 rings (SSSR count). The van der Waals surface area contributed by atoms with E-state index in [0.717, 1.165) is 0 Å². The van der Waals surface area contributed by atoms with Gasteiger partial charge in [0.2, 0.25) is 5.91 Å². The second-order valence-electron chi connectivity index (χ2n) is 3.42. The van der Waals surface area contributed by atoms with E-state index in [1.807, 2.05) is 6.92 Å². The summed E-state index contributed by atoms with van der Waals surface area (Å²) in [6.07, 6.45) is 0. The zero-order valence-electron chi connectivity index (χ0n) is 10.1. The minimum Gasteiger partial charge on any atom is -0.464 e. The number of hydrogen-bond acceptors (Lipinski definition) is 5. The normalized spacial score (nSPS) is 10.1. The Morgan fingerprint density at radius 1 is 1.53 bits per heavy atom. The topological polar surface area (TPSA) is 99.2 Å². The molecule has 0 spiro atoms. The quantitative estimate of drug-likeness (QED) is 0.704. The van der Waals surface area contributed by atoms with Crippen LogP contribution in [0.5, 0.6) is 0 Å². The predicted octanol–water partition coefficient (Wildman–Crippen LogP) is -0.304. The van der Waals surface area contributed by atoms with Gasteiger partial charge in [0.05, 0.1) is 7.11 Å². The van der Waals surface area contributed by atoms with E-state index in [2.05, 4.69) is 15.0 Å². The molecule has 1 aromatic heterocycles. The first-order valence-electron chi connectivity index (χ1n) is 5.18. The standard InChI is InChI=1S/C10H16N4O3/c1-4-12-7(15)5-14-6(2)13-8(9(14)11)10(16)17-3/h4-5,11H2,1-3H3,(H,12,15). The van der Waals surface area contributed by atoms with Crippen molar-refractivity contribution in [3.8, 4) is 0 Å². The predicted molar refractivity (Wildman–Crippen MR) is 61.4 cm³/mol. The van der Waals surface area contributed by atoms with Gasteiger partial charge in [-0.2, -0.15) is 0 Å². The third-order valence-corrected chi connectivity index (χ3v) is 2.25. The van der Waals surface area contributed by atoms with Crippen LogP contribution in [0.3, 0.4) is 0 Å². The number of nitrogens with zero attached hydrogens (tertiary/aromatic N) is 2. The monoisotopic (exact) mass is 240 g/mol. The summed E-state index contributed by atoms with van der Waals surface area (Å²) in [5, 5.41) is 2.64. The fourth-order valence-corrected chi connectivity index (χ4v) is 1.42. The number of imidazole rings is 1. The zero-order valence-corrected chi connectivity index (χ0v) is 10.1. The third-order valence-electron chi connectivity index (χ3n) is 2.25. The van der Waals surface area contributed by atoms with Crippen LogP contribution in [-0.4, -0.2) is 35.1 Å². The maximum Gasteiger partial charge on any atom is 0.360 e. The molecule has 3 N–H and O–H groups in total. The first-order chi connectivity index (χ1) is 8.01. The average Bonchev–Trinajstić information content (AvgIpc) is 2.56. The highest BCUT2D eigenvalue weighted by Crippen LogP contribution is 2.14. The fourth-order valence-electron chi connectivity index (χ4n) is 1.42. The van der Waals surface area contributed by atoms with Gasteiger partial charge in [-0.1, -0.05) is 0 Å². The molecule has 0 saturated heterocycles. The van der Waals surface area contributed by atoms with Crippen molar-refractivity contribution >= 4 is 17.7 Å². The van der Waals surface area contributed by atoms with Gasteiger partial charge in [0, 0.05) is 6.54 Å². The molecule has 0 saturated carbocycles. The molecule has 0 aliphatic rings. The first-order valence-corrected chi connectivity index (χ1v) is 5.18. The molecule has 1 amide bonds. The van der Waals surface area contributed by atoms with Crippen LogP contribution in [0.2, 0.25) is 0 Å². The smallest absolute Gasteiger partial charge is 0.360 e. The number of amides is 1. The average molecular weight is 240 g/mol. The Morgan fingerprint density at radius 3 is 2.71 bits per heavy atom. The molecule has 1 heterocycles. The Hall–Kier alpha value is -2.05. The number of nitrogens with two attached hydrogens (primary N) is 1. The van der Waals surface area contributed by atoms with Gasteiger partial charge in [0.15, 0.2) is 5.69 Å². The van der Waals surface area contributed by atoms with Crippen molar-refractivity contribution in [2.45, 2.75) is 20.4 Å². The Bertz CT molecular complexity index is 439. The molecule has 0 fully saturated rings. The number of carbonyl (C=O) groups excluding carboxylic acids is 2. The number of likely N-dealkylation sites (N-methyl/N-ethyl adjacent to an activating group) is 1. The van der Waals surface area contributed by atoms with Crippen molar-refractivity contribution in [3.05, 3.63) is 11.5 Å². The number of anilines is 1. The van der Waals surface area contributed by atoms with Crippen molar-refractivity contribution in [1.29, 1.82) is 0 Å². The molecule has 7 heteroatoms. The lowest BCUT2D eigenvalue weighted by molar-refractivity contribution is -0.121. The van der Waals surface area contributed by atoms with Gasteiger partial charge < -0.3 is 20.4 Å². The minimum absolute atomic E-state index is 0.0364. The Morgan fingerprint density at radius 2 is 2.18 bits per heavy atom. The molecule has 7 nitrogen and oxygen atoms in total. The van der Waals surface area contributed by atoms with Crippen molar-refractivity contribution in [2.75, 3.05) is 19.4 Å². The van der Waals surface area contributed by atoms with Gasteiger partial charge >= 0.3 is 5.97 Å². The van der Waals surface area contributed by atoms with Gasteiger partial charge in [-0.3, -0.25) is 4.79 Å². The van der Waals surface area contributed by atoms with Crippen LogP contribution in [0, 0.1) is 6.92 Å². The van der Waals surface area contributed by atoms with E-state index < -0.39 is 5.97 Å². The Labute approximate surface area is 99.0 Å². The summed E-state index contributed by atoms with van der Waals surface area (Å²) >= 11 is 0. The Kier molecular flexibility index (Phi) is 4.08. The second kappa shape index (κ2) is 5.33. The molecule has 94 valence electrons. The van der Waals surface area contributed by atoms with Crippen molar-refractivity contribution in [1.82, 2.24) is 14.9 Å². The SMILES string of the molecule is CCNC(=O)Cn1c(C)nc(C(=O)OC)c1N. The number of ether oxygens (including phenoxy) is 1. The lowest BCUT2D eigenvalue weighted by Gasteiger charge is -2.07. The van der Waals surface area contributed by atoms with E-state index in [9.17, 15) is 9.59 Å². The van der Waals surface area contributed by atoms with Crippen LogP contribution in [0.25, 0.3) is 0 Å².